The Hall–Kier alpha value is -3.74. The van der Waals surface area contributed by atoms with Crippen LogP contribution in [0.15, 0.2) is 66.7 Å². The fraction of sp³-hybridized carbons (Fsp3) is 0.419. The molecule has 1 aliphatic heterocycles. The molecule has 0 unspecified atom stereocenters. The lowest BCUT2D eigenvalue weighted by Gasteiger charge is -2.37. The fourth-order valence-electron chi connectivity index (χ4n) is 6.73. The number of carbonyl (C=O) groups excluding carboxylic acids is 4. The van der Waals surface area contributed by atoms with Gasteiger partial charge in [-0.1, -0.05) is 55.8 Å². The normalized spacial score (nSPS) is 29.0. The third-order valence-corrected chi connectivity index (χ3v) is 8.70. The topological polar surface area (TPSA) is 92.8 Å². The Kier molecular flexibility index (Phi) is 6.38. The SMILES string of the molecule is CCCCOC(=O)c1ccc(NC(=O)[C@H](Cc2ccccc2)N2C(=O)[C@@H]3[C@H]4C=C[C@@H]([C@@H]5C[C@@H]45)[C@H]3C2=O)cc1. The van der Waals surface area contributed by atoms with Gasteiger partial charge in [0.2, 0.25) is 17.7 Å². The second-order valence-electron chi connectivity index (χ2n) is 11.0. The van der Waals surface area contributed by atoms with Crippen LogP contribution in [0.25, 0.3) is 0 Å². The van der Waals surface area contributed by atoms with E-state index in [1.807, 2.05) is 37.3 Å². The number of hydrogen-bond donors (Lipinski definition) is 1. The Morgan fingerprint density at radius 1 is 0.947 bits per heavy atom. The van der Waals surface area contributed by atoms with Crippen LogP contribution >= 0.6 is 0 Å². The highest BCUT2D eigenvalue weighted by molar-refractivity contribution is 6.10. The number of anilines is 1. The van der Waals surface area contributed by atoms with E-state index in [4.69, 9.17) is 4.74 Å². The number of likely N-dealkylation sites (tertiary alicyclic amines) is 1. The summed E-state index contributed by atoms with van der Waals surface area (Å²) in [5.41, 5.74) is 1.75. The largest absolute Gasteiger partial charge is 0.462 e. The molecule has 7 rings (SSSR count). The van der Waals surface area contributed by atoms with Gasteiger partial charge in [-0.15, -0.1) is 0 Å². The lowest BCUT2D eigenvalue weighted by Crippen LogP contribution is -2.49. The van der Waals surface area contributed by atoms with Gasteiger partial charge >= 0.3 is 5.97 Å². The van der Waals surface area contributed by atoms with E-state index in [1.165, 1.54) is 4.90 Å². The molecule has 2 aromatic carbocycles. The first-order valence-corrected chi connectivity index (χ1v) is 13.6. The van der Waals surface area contributed by atoms with Gasteiger partial charge in [-0.05, 0) is 66.3 Å². The summed E-state index contributed by atoms with van der Waals surface area (Å²) in [4.78, 5) is 54.7. The molecule has 7 nitrogen and oxygen atoms in total. The number of ether oxygens (including phenoxy) is 1. The summed E-state index contributed by atoms with van der Waals surface area (Å²) in [6, 6.07) is 15.0. The maximum Gasteiger partial charge on any atom is 0.338 e. The Morgan fingerprint density at radius 3 is 2.18 bits per heavy atom. The minimum atomic E-state index is -0.961. The molecule has 0 radical (unpaired) electrons. The van der Waals surface area contributed by atoms with E-state index in [1.54, 1.807) is 24.3 Å². The minimum absolute atomic E-state index is 0.0986. The predicted octanol–water partition coefficient (Wildman–Crippen LogP) is 4.25. The van der Waals surface area contributed by atoms with Gasteiger partial charge in [-0.2, -0.15) is 0 Å². The van der Waals surface area contributed by atoms with Crippen molar-refractivity contribution in [2.75, 3.05) is 11.9 Å². The molecule has 0 aromatic heterocycles. The highest BCUT2D eigenvalue weighted by Gasteiger charge is 2.67. The summed E-state index contributed by atoms with van der Waals surface area (Å²) in [5.74, 6) is -0.781. The monoisotopic (exact) mass is 512 g/mol. The second kappa shape index (κ2) is 9.86. The highest BCUT2D eigenvalue weighted by Crippen LogP contribution is 2.65. The lowest BCUT2D eigenvalue weighted by atomic mass is 9.63. The average molecular weight is 513 g/mol. The van der Waals surface area contributed by atoms with Gasteiger partial charge in [0.05, 0.1) is 24.0 Å². The molecular formula is C31H32N2O5. The Labute approximate surface area is 222 Å². The summed E-state index contributed by atoms with van der Waals surface area (Å²) in [6.07, 6.45) is 7.33. The fourth-order valence-corrected chi connectivity index (χ4v) is 6.73. The molecule has 7 heteroatoms. The molecule has 38 heavy (non-hydrogen) atoms. The highest BCUT2D eigenvalue weighted by atomic mass is 16.5. The molecule has 4 aliphatic carbocycles. The molecule has 3 fully saturated rings. The number of amides is 3. The van der Waals surface area contributed by atoms with E-state index in [0.717, 1.165) is 24.8 Å². The number of benzene rings is 2. The number of nitrogens with one attached hydrogen (secondary N) is 1. The summed E-state index contributed by atoms with van der Waals surface area (Å²) < 4.78 is 5.25. The van der Waals surface area contributed by atoms with Crippen LogP contribution in [0.4, 0.5) is 5.69 Å². The number of unbranched alkanes of at least 4 members (excludes halogenated alkanes) is 1. The van der Waals surface area contributed by atoms with Crippen LogP contribution in [-0.2, 0) is 25.5 Å². The Bertz CT molecular complexity index is 1250. The van der Waals surface area contributed by atoms with Crippen molar-refractivity contribution in [3.05, 3.63) is 77.9 Å². The first-order chi connectivity index (χ1) is 18.5. The zero-order chi connectivity index (χ0) is 26.4. The number of esters is 1. The van der Waals surface area contributed by atoms with Gasteiger partial charge in [0.25, 0.3) is 0 Å². The van der Waals surface area contributed by atoms with Gasteiger partial charge in [0.15, 0.2) is 0 Å². The van der Waals surface area contributed by atoms with Crippen LogP contribution in [0.2, 0.25) is 0 Å². The Balaban J connectivity index is 1.22. The maximum absolute atomic E-state index is 13.8. The van der Waals surface area contributed by atoms with Crippen molar-refractivity contribution in [2.45, 2.75) is 38.6 Å². The van der Waals surface area contributed by atoms with Crippen LogP contribution in [-0.4, -0.2) is 41.2 Å². The third-order valence-electron chi connectivity index (χ3n) is 8.70. The van der Waals surface area contributed by atoms with Crippen LogP contribution in [0.3, 0.4) is 0 Å². The summed E-state index contributed by atoms with van der Waals surface area (Å²) >= 11 is 0. The van der Waals surface area contributed by atoms with Crippen molar-refractivity contribution in [3.8, 4) is 0 Å². The molecule has 7 atom stereocenters. The van der Waals surface area contributed by atoms with Crippen molar-refractivity contribution in [1.82, 2.24) is 4.90 Å². The van der Waals surface area contributed by atoms with E-state index in [2.05, 4.69) is 17.5 Å². The molecule has 2 aromatic rings. The first-order valence-electron chi connectivity index (χ1n) is 13.6. The van der Waals surface area contributed by atoms with Crippen molar-refractivity contribution in [2.24, 2.45) is 35.5 Å². The summed E-state index contributed by atoms with van der Waals surface area (Å²) in [5, 5.41) is 2.88. The van der Waals surface area contributed by atoms with Gasteiger partial charge < -0.3 is 10.1 Å². The first kappa shape index (κ1) is 24.6. The van der Waals surface area contributed by atoms with Crippen LogP contribution < -0.4 is 5.32 Å². The van der Waals surface area contributed by atoms with Crippen LogP contribution in [0.5, 0.6) is 0 Å². The smallest absolute Gasteiger partial charge is 0.338 e. The van der Waals surface area contributed by atoms with Gasteiger partial charge in [0.1, 0.15) is 6.04 Å². The molecule has 1 N–H and O–H groups in total. The molecule has 196 valence electrons. The van der Waals surface area contributed by atoms with Gasteiger partial charge in [-0.25, -0.2) is 4.79 Å². The predicted molar refractivity (Wildman–Crippen MR) is 141 cm³/mol. The number of nitrogens with zero attached hydrogens (tertiary/aromatic N) is 1. The quantitative estimate of drug-likeness (QED) is 0.235. The third kappa shape index (κ3) is 4.24. The number of hydrogen-bond acceptors (Lipinski definition) is 5. The number of carbonyl (C=O) groups is 4. The van der Waals surface area contributed by atoms with E-state index in [-0.39, 0.29) is 41.9 Å². The molecule has 3 amide bonds. The second-order valence-corrected chi connectivity index (χ2v) is 11.0. The zero-order valence-electron chi connectivity index (χ0n) is 21.4. The number of allylic oxidation sites excluding steroid dienone is 2. The summed E-state index contributed by atoms with van der Waals surface area (Å²) in [7, 11) is 0. The maximum atomic E-state index is 13.8. The van der Waals surface area contributed by atoms with E-state index in [9.17, 15) is 19.2 Å². The van der Waals surface area contributed by atoms with Gasteiger partial charge in [-0.3, -0.25) is 19.3 Å². The van der Waals surface area contributed by atoms with Crippen molar-refractivity contribution in [1.29, 1.82) is 0 Å². The zero-order valence-corrected chi connectivity index (χ0v) is 21.4. The minimum Gasteiger partial charge on any atom is -0.462 e. The molecule has 2 saturated carbocycles. The number of rotatable bonds is 9. The van der Waals surface area contributed by atoms with Crippen LogP contribution in [0, 0.1) is 35.5 Å². The molecule has 2 bridgehead atoms. The average Bonchev–Trinajstić information content (AvgIpc) is 3.72. The standard InChI is InChI=1S/C31H32N2O5/c1-2-3-15-38-31(37)19-9-11-20(12-10-19)32-28(34)25(16-18-7-5-4-6-8-18)33-29(35)26-21-13-14-22(24-17-23(21)24)27(26)30(33)36/h4-14,21-27H,2-3,15-17H2,1H3,(H,32,34)/t21-,22-,23-,24-,25-,26+,27+/m0/s1. The van der Waals surface area contributed by atoms with E-state index in [0.29, 0.717) is 29.7 Å². The van der Waals surface area contributed by atoms with Crippen molar-refractivity contribution < 1.29 is 23.9 Å². The Morgan fingerprint density at radius 2 is 1.58 bits per heavy atom. The molecular weight excluding hydrogens is 480 g/mol. The molecule has 1 saturated heterocycles. The van der Waals surface area contributed by atoms with Crippen LogP contribution in [0.1, 0.15) is 42.1 Å². The molecule has 0 spiro atoms. The summed E-state index contributed by atoms with van der Waals surface area (Å²) in [6.45, 7) is 2.39. The molecule has 5 aliphatic rings. The molecule has 1 heterocycles. The van der Waals surface area contributed by atoms with Crippen molar-refractivity contribution >= 4 is 29.4 Å². The van der Waals surface area contributed by atoms with Crippen molar-refractivity contribution in [3.63, 3.8) is 0 Å². The van der Waals surface area contributed by atoms with Gasteiger partial charge in [0, 0.05) is 12.1 Å². The van der Waals surface area contributed by atoms with E-state index < -0.39 is 17.9 Å². The number of imide groups is 1. The van der Waals surface area contributed by atoms with E-state index >= 15 is 0 Å². The lowest BCUT2D eigenvalue weighted by molar-refractivity contribution is -0.146.